The van der Waals surface area contributed by atoms with Crippen molar-refractivity contribution < 1.29 is 0 Å². The van der Waals surface area contributed by atoms with Gasteiger partial charge in [-0.05, 0) is 36.5 Å². The predicted octanol–water partition coefficient (Wildman–Crippen LogP) is 4.22. The minimum atomic E-state index is -0.277. The van der Waals surface area contributed by atoms with Crippen molar-refractivity contribution in [3.05, 3.63) is 50.7 Å². The molecule has 1 aliphatic heterocycles. The van der Waals surface area contributed by atoms with Crippen molar-refractivity contribution in [1.29, 1.82) is 0 Å². The van der Waals surface area contributed by atoms with Gasteiger partial charge in [0.1, 0.15) is 0 Å². The van der Waals surface area contributed by atoms with Crippen molar-refractivity contribution in [1.82, 2.24) is 18.7 Å². The van der Waals surface area contributed by atoms with Gasteiger partial charge in [0, 0.05) is 32.4 Å². The van der Waals surface area contributed by atoms with Crippen LogP contribution < -0.4 is 16.1 Å². The molecular formula is C25H35N5O2. The van der Waals surface area contributed by atoms with Crippen LogP contribution in [0.1, 0.15) is 58.4 Å². The Balaban J connectivity index is 1.78. The van der Waals surface area contributed by atoms with E-state index in [1.807, 2.05) is 4.57 Å². The highest BCUT2D eigenvalue weighted by Crippen LogP contribution is 2.32. The zero-order valence-electron chi connectivity index (χ0n) is 19.8. The summed E-state index contributed by atoms with van der Waals surface area (Å²) in [6, 6.07) is 8.52. The lowest BCUT2D eigenvalue weighted by Gasteiger charge is -2.33. The minimum Gasteiger partial charge on any atom is -0.312 e. The Labute approximate surface area is 189 Å². The summed E-state index contributed by atoms with van der Waals surface area (Å²) in [5, 5.41) is 0. The van der Waals surface area contributed by atoms with E-state index in [1.54, 1.807) is 7.05 Å². The Morgan fingerprint density at radius 3 is 2.41 bits per heavy atom. The van der Waals surface area contributed by atoms with Crippen LogP contribution in [0.25, 0.3) is 11.2 Å². The lowest BCUT2D eigenvalue weighted by molar-refractivity contribution is 0.457. The predicted molar refractivity (Wildman–Crippen MR) is 130 cm³/mol. The molecule has 0 bridgehead atoms. The van der Waals surface area contributed by atoms with Gasteiger partial charge in [-0.1, -0.05) is 58.6 Å². The molecule has 1 atom stereocenters. The molecule has 2 aromatic heterocycles. The van der Waals surface area contributed by atoms with Crippen LogP contribution in [0.2, 0.25) is 0 Å². The number of aryl methyl sites for hydroxylation is 2. The van der Waals surface area contributed by atoms with Gasteiger partial charge >= 0.3 is 5.69 Å². The van der Waals surface area contributed by atoms with Crippen LogP contribution >= 0.6 is 0 Å². The highest BCUT2D eigenvalue weighted by Gasteiger charge is 2.29. The summed E-state index contributed by atoms with van der Waals surface area (Å²) >= 11 is 0. The molecule has 7 heteroatoms. The number of nitrogens with zero attached hydrogens (tertiary/aromatic N) is 5. The molecule has 0 N–H and O–H groups in total. The third-order valence-electron chi connectivity index (χ3n) is 6.58. The summed E-state index contributed by atoms with van der Waals surface area (Å²) in [4.78, 5) is 33.4. The molecule has 0 aliphatic carbocycles. The van der Waals surface area contributed by atoms with Gasteiger partial charge < -0.3 is 9.47 Å². The molecule has 0 radical (unpaired) electrons. The molecule has 1 aromatic carbocycles. The Morgan fingerprint density at radius 1 is 1.00 bits per heavy atom. The normalized spacial score (nSPS) is 16.0. The summed E-state index contributed by atoms with van der Waals surface area (Å²) in [5.41, 5.74) is 2.87. The Kier molecular flexibility index (Phi) is 6.53. The standard InChI is InChI=1S/C25H35N5O2/c1-5-7-8-9-10-15-28-23(31)21-22(27(4)25(28)32)26-24-29(16-18(3)17-30(21)24)20-13-11-19(6-2)12-14-20/h11-14,18H,5-10,15-17H2,1-4H3/t18-/m0/s1. The first-order valence-electron chi connectivity index (χ1n) is 12.0. The van der Waals surface area contributed by atoms with Crippen LogP contribution in [0.15, 0.2) is 33.9 Å². The van der Waals surface area contributed by atoms with E-state index in [4.69, 9.17) is 4.98 Å². The SMILES string of the molecule is CCCCCCCn1c(=O)c2c(nc3n2C[C@@H](C)CN3c2ccc(CC)cc2)n(C)c1=O. The molecule has 32 heavy (non-hydrogen) atoms. The smallest absolute Gasteiger partial charge is 0.312 e. The van der Waals surface area contributed by atoms with Gasteiger partial charge in [0.2, 0.25) is 5.95 Å². The van der Waals surface area contributed by atoms with Crippen LogP contribution in [0.4, 0.5) is 11.6 Å². The van der Waals surface area contributed by atoms with E-state index >= 15 is 0 Å². The number of benzene rings is 1. The first-order valence-corrected chi connectivity index (χ1v) is 12.0. The first kappa shape index (κ1) is 22.4. The fourth-order valence-corrected chi connectivity index (χ4v) is 4.70. The molecular weight excluding hydrogens is 402 g/mol. The minimum absolute atomic E-state index is 0.215. The molecule has 0 saturated carbocycles. The third kappa shape index (κ3) is 4.00. The molecule has 0 amide bonds. The van der Waals surface area contributed by atoms with E-state index in [-0.39, 0.29) is 11.2 Å². The first-order chi connectivity index (χ1) is 15.5. The summed E-state index contributed by atoms with van der Waals surface area (Å²) in [6.07, 6.45) is 6.37. The summed E-state index contributed by atoms with van der Waals surface area (Å²) in [6.45, 7) is 8.53. The largest absolute Gasteiger partial charge is 0.332 e. The van der Waals surface area contributed by atoms with Gasteiger partial charge in [-0.3, -0.25) is 13.9 Å². The molecule has 3 aromatic rings. The monoisotopic (exact) mass is 437 g/mol. The topological polar surface area (TPSA) is 65.1 Å². The van der Waals surface area contributed by atoms with Gasteiger partial charge in [-0.25, -0.2) is 4.79 Å². The van der Waals surface area contributed by atoms with Crippen LogP contribution in [-0.2, 0) is 26.6 Å². The van der Waals surface area contributed by atoms with Crippen molar-refractivity contribution in [2.45, 2.75) is 72.4 Å². The van der Waals surface area contributed by atoms with Crippen molar-refractivity contribution in [2.75, 3.05) is 11.4 Å². The molecule has 0 unspecified atom stereocenters. The zero-order valence-corrected chi connectivity index (χ0v) is 19.8. The number of imidazole rings is 1. The second kappa shape index (κ2) is 9.35. The van der Waals surface area contributed by atoms with Gasteiger partial charge in [0.25, 0.3) is 5.56 Å². The summed E-state index contributed by atoms with van der Waals surface area (Å²) in [7, 11) is 1.72. The number of hydrogen-bond acceptors (Lipinski definition) is 4. The number of anilines is 2. The molecule has 0 spiro atoms. The maximum atomic E-state index is 13.5. The van der Waals surface area contributed by atoms with E-state index in [2.05, 4.69) is 49.9 Å². The average molecular weight is 438 g/mol. The lowest BCUT2D eigenvalue weighted by Crippen LogP contribution is -2.40. The number of hydrogen-bond donors (Lipinski definition) is 0. The van der Waals surface area contributed by atoms with E-state index in [0.29, 0.717) is 23.6 Å². The number of rotatable bonds is 8. The zero-order chi connectivity index (χ0) is 22.8. The van der Waals surface area contributed by atoms with E-state index < -0.39 is 0 Å². The van der Waals surface area contributed by atoms with E-state index in [0.717, 1.165) is 50.4 Å². The Hall–Kier alpha value is -2.83. The summed E-state index contributed by atoms with van der Waals surface area (Å²) in [5.74, 6) is 1.10. The molecule has 4 rings (SSSR count). The second-order valence-electron chi connectivity index (χ2n) is 9.14. The highest BCUT2D eigenvalue weighted by atomic mass is 16.2. The molecule has 0 fully saturated rings. The fourth-order valence-electron chi connectivity index (χ4n) is 4.70. The third-order valence-corrected chi connectivity index (χ3v) is 6.58. The van der Waals surface area contributed by atoms with Gasteiger partial charge in [-0.15, -0.1) is 0 Å². The van der Waals surface area contributed by atoms with Crippen molar-refractivity contribution in [2.24, 2.45) is 13.0 Å². The maximum Gasteiger partial charge on any atom is 0.332 e. The van der Waals surface area contributed by atoms with Crippen LogP contribution in [0, 0.1) is 5.92 Å². The van der Waals surface area contributed by atoms with Crippen molar-refractivity contribution in [3.8, 4) is 0 Å². The molecule has 0 saturated heterocycles. The quantitative estimate of drug-likeness (QED) is 0.495. The fraction of sp³-hybridized carbons (Fsp3) is 0.560. The van der Waals surface area contributed by atoms with Crippen LogP contribution in [0.3, 0.4) is 0 Å². The van der Waals surface area contributed by atoms with Gasteiger partial charge in [0.05, 0.1) is 0 Å². The number of fused-ring (bicyclic) bond motifs is 3. The number of unbranched alkanes of at least 4 members (excludes halogenated alkanes) is 4. The number of aromatic nitrogens is 4. The Morgan fingerprint density at radius 2 is 1.72 bits per heavy atom. The second-order valence-corrected chi connectivity index (χ2v) is 9.14. The van der Waals surface area contributed by atoms with Crippen molar-refractivity contribution >= 4 is 22.8 Å². The van der Waals surface area contributed by atoms with E-state index in [1.165, 1.54) is 27.5 Å². The average Bonchev–Trinajstić information content (AvgIpc) is 3.18. The summed E-state index contributed by atoms with van der Waals surface area (Å²) < 4.78 is 4.96. The van der Waals surface area contributed by atoms with Crippen molar-refractivity contribution in [3.63, 3.8) is 0 Å². The van der Waals surface area contributed by atoms with Crippen LogP contribution in [0.5, 0.6) is 0 Å². The molecule has 1 aliphatic rings. The van der Waals surface area contributed by atoms with Crippen LogP contribution in [-0.4, -0.2) is 25.2 Å². The molecule has 172 valence electrons. The molecule has 7 nitrogen and oxygen atoms in total. The Bertz CT molecular complexity index is 1200. The van der Waals surface area contributed by atoms with Gasteiger partial charge in [0.15, 0.2) is 11.2 Å². The van der Waals surface area contributed by atoms with E-state index in [9.17, 15) is 9.59 Å². The molecule has 3 heterocycles. The lowest BCUT2D eigenvalue weighted by atomic mass is 10.1. The maximum absolute atomic E-state index is 13.5. The highest BCUT2D eigenvalue weighted by molar-refractivity contribution is 5.77. The van der Waals surface area contributed by atoms with Gasteiger partial charge in [-0.2, -0.15) is 4.98 Å².